The number of aromatic nitrogens is 1. The highest BCUT2D eigenvalue weighted by atomic mass is 35.5. The van der Waals surface area contributed by atoms with Crippen molar-refractivity contribution < 1.29 is 4.79 Å². The van der Waals surface area contributed by atoms with Crippen LogP contribution in [0.1, 0.15) is 17.0 Å². The van der Waals surface area contributed by atoms with E-state index in [2.05, 4.69) is 20.4 Å². The Kier molecular flexibility index (Phi) is 5.39. The molecule has 132 valence electrons. The average Bonchev–Trinajstić information content (AvgIpc) is 2.89. The molecule has 0 aliphatic carbocycles. The summed E-state index contributed by atoms with van der Waals surface area (Å²) in [5.74, 6) is 0. The summed E-state index contributed by atoms with van der Waals surface area (Å²) in [4.78, 5) is 11.9. The van der Waals surface area contributed by atoms with Crippen molar-refractivity contribution in [2.24, 2.45) is 5.10 Å². The van der Waals surface area contributed by atoms with E-state index in [4.69, 9.17) is 11.6 Å². The number of urea groups is 1. The van der Waals surface area contributed by atoms with Crippen molar-refractivity contribution in [2.45, 2.75) is 13.8 Å². The number of carbonyl (C=O) groups excluding carboxylic acids is 1. The van der Waals surface area contributed by atoms with Gasteiger partial charge in [0.25, 0.3) is 0 Å². The van der Waals surface area contributed by atoms with Crippen molar-refractivity contribution in [3.63, 3.8) is 0 Å². The van der Waals surface area contributed by atoms with Gasteiger partial charge in [-0.15, -0.1) is 0 Å². The van der Waals surface area contributed by atoms with Crippen LogP contribution in [0.25, 0.3) is 5.69 Å². The summed E-state index contributed by atoms with van der Waals surface area (Å²) in [6.45, 7) is 4.01. The lowest BCUT2D eigenvalue weighted by atomic mass is 10.2. The topological polar surface area (TPSA) is 58.4 Å². The molecule has 5 nitrogen and oxygen atoms in total. The highest BCUT2D eigenvalue weighted by molar-refractivity contribution is 6.30. The summed E-state index contributed by atoms with van der Waals surface area (Å²) in [5, 5.41) is 7.43. The Balaban J connectivity index is 1.71. The standard InChI is InChI=1S/C20H19ClN4O/c1-14-11-16(15(2)25(14)19-10-6-7-17(21)12-19)13-22-24-20(26)23-18-8-4-3-5-9-18/h3-13H,1-2H3,(H2,23,24,26)/b22-13+. The fraction of sp³-hybridized carbons (Fsp3) is 0.100. The van der Waals surface area contributed by atoms with Gasteiger partial charge >= 0.3 is 6.03 Å². The molecule has 1 aromatic heterocycles. The van der Waals surface area contributed by atoms with E-state index in [1.165, 1.54) is 0 Å². The zero-order chi connectivity index (χ0) is 18.5. The van der Waals surface area contributed by atoms with E-state index in [9.17, 15) is 4.79 Å². The third kappa shape index (κ3) is 4.13. The largest absolute Gasteiger partial charge is 0.339 e. The molecule has 0 aliphatic rings. The second-order valence-corrected chi connectivity index (χ2v) is 6.27. The summed E-state index contributed by atoms with van der Waals surface area (Å²) in [7, 11) is 0. The van der Waals surface area contributed by atoms with Gasteiger partial charge in [0.05, 0.1) is 6.21 Å². The predicted molar refractivity (Wildman–Crippen MR) is 106 cm³/mol. The predicted octanol–water partition coefficient (Wildman–Crippen LogP) is 4.90. The number of carbonyl (C=O) groups is 1. The van der Waals surface area contributed by atoms with Crippen molar-refractivity contribution in [3.05, 3.63) is 82.6 Å². The lowest BCUT2D eigenvalue weighted by Crippen LogP contribution is -2.24. The lowest BCUT2D eigenvalue weighted by Gasteiger charge is -2.09. The maximum atomic E-state index is 11.9. The van der Waals surface area contributed by atoms with Crippen molar-refractivity contribution in [1.82, 2.24) is 9.99 Å². The van der Waals surface area contributed by atoms with Crippen LogP contribution in [-0.4, -0.2) is 16.8 Å². The highest BCUT2D eigenvalue weighted by Gasteiger charge is 2.09. The monoisotopic (exact) mass is 366 g/mol. The fourth-order valence-electron chi connectivity index (χ4n) is 2.77. The molecule has 0 radical (unpaired) electrons. The summed E-state index contributed by atoms with van der Waals surface area (Å²) in [6, 6.07) is 18.5. The first kappa shape index (κ1) is 17.8. The molecule has 6 heteroatoms. The van der Waals surface area contributed by atoms with Crippen molar-refractivity contribution in [3.8, 4) is 5.69 Å². The summed E-state index contributed by atoms with van der Waals surface area (Å²) in [6.07, 6.45) is 1.63. The normalized spacial score (nSPS) is 10.9. The van der Waals surface area contributed by atoms with Gasteiger partial charge in [0.2, 0.25) is 0 Å². The van der Waals surface area contributed by atoms with Crippen molar-refractivity contribution in [1.29, 1.82) is 0 Å². The molecule has 0 saturated carbocycles. The maximum Gasteiger partial charge on any atom is 0.339 e. The van der Waals surface area contributed by atoms with Gasteiger partial charge in [-0.1, -0.05) is 35.9 Å². The van der Waals surface area contributed by atoms with E-state index in [0.29, 0.717) is 10.7 Å². The van der Waals surface area contributed by atoms with E-state index in [1.54, 1.807) is 6.21 Å². The van der Waals surface area contributed by atoms with Gasteiger partial charge in [0, 0.05) is 33.3 Å². The van der Waals surface area contributed by atoms with Gasteiger partial charge in [-0.2, -0.15) is 5.10 Å². The number of hydrogen-bond acceptors (Lipinski definition) is 2. The van der Waals surface area contributed by atoms with Crippen LogP contribution in [0.3, 0.4) is 0 Å². The molecule has 2 aromatic carbocycles. The molecular formula is C20H19ClN4O. The first-order valence-corrected chi connectivity index (χ1v) is 8.52. The zero-order valence-corrected chi connectivity index (χ0v) is 15.3. The number of anilines is 1. The molecule has 0 aliphatic heterocycles. The molecular weight excluding hydrogens is 348 g/mol. The second kappa shape index (κ2) is 7.89. The van der Waals surface area contributed by atoms with Gasteiger partial charge < -0.3 is 9.88 Å². The highest BCUT2D eigenvalue weighted by Crippen LogP contribution is 2.22. The smallest absolute Gasteiger partial charge is 0.318 e. The molecule has 0 unspecified atom stereocenters. The van der Waals surface area contributed by atoms with Crippen LogP contribution < -0.4 is 10.7 Å². The van der Waals surface area contributed by atoms with Crippen LogP contribution in [-0.2, 0) is 0 Å². The number of nitrogens with zero attached hydrogens (tertiary/aromatic N) is 2. The number of hydrogen-bond donors (Lipinski definition) is 2. The van der Waals surface area contributed by atoms with Crippen LogP contribution in [0.15, 0.2) is 65.8 Å². The van der Waals surface area contributed by atoms with Crippen LogP contribution in [0.4, 0.5) is 10.5 Å². The third-order valence-corrected chi connectivity index (χ3v) is 4.17. The molecule has 26 heavy (non-hydrogen) atoms. The number of amides is 2. The lowest BCUT2D eigenvalue weighted by molar-refractivity contribution is 0.252. The SMILES string of the molecule is Cc1cc(/C=N/NC(=O)Nc2ccccc2)c(C)n1-c1cccc(Cl)c1. The van der Waals surface area contributed by atoms with E-state index >= 15 is 0 Å². The first-order valence-electron chi connectivity index (χ1n) is 8.14. The third-order valence-electron chi connectivity index (χ3n) is 3.94. The van der Waals surface area contributed by atoms with Crippen molar-refractivity contribution in [2.75, 3.05) is 5.32 Å². The number of aryl methyl sites for hydroxylation is 1. The second-order valence-electron chi connectivity index (χ2n) is 5.83. The molecule has 2 N–H and O–H groups in total. The molecule has 3 rings (SSSR count). The number of halogens is 1. The van der Waals surface area contributed by atoms with Crippen LogP contribution in [0, 0.1) is 13.8 Å². The molecule has 2 amide bonds. The maximum absolute atomic E-state index is 11.9. The molecule has 1 heterocycles. The van der Waals surface area contributed by atoms with Gasteiger partial charge in [-0.3, -0.25) is 0 Å². The van der Waals surface area contributed by atoms with Crippen LogP contribution in [0.5, 0.6) is 0 Å². The number of para-hydroxylation sites is 1. The molecule has 0 fully saturated rings. The number of nitrogens with one attached hydrogen (secondary N) is 2. The number of hydrazone groups is 1. The molecule has 0 atom stereocenters. The van der Waals surface area contributed by atoms with Crippen LogP contribution in [0.2, 0.25) is 5.02 Å². The fourth-order valence-corrected chi connectivity index (χ4v) is 2.96. The van der Waals surface area contributed by atoms with Gasteiger partial charge in [0.1, 0.15) is 0 Å². The minimum Gasteiger partial charge on any atom is -0.318 e. The minimum absolute atomic E-state index is 0.393. The molecule has 0 saturated heterocycles. The molecule has 0 spiro atoms. The number of benzene rings is 2. The van der Waals surface area contributed by atoms with E-state index in [1.807, 2.05) is 74.5 Å². The van der Waals surface area contributed by atoms with Crippen LogP contribution >= 0.6 is 11.6 Å². The van der Waals surface area contributed by atoms with Gasteiger partial charge in [-0.05, 0) is 50.2 Å². The number of rotatable bonds is 4. The zero-order valence-electron chi connectivity index (χ0n) is 14.5. The summed E-state index contributed by atoms with van der Waals surface area (Å²) >= 11 is 6.10. The van der Waals surface area contributed by atoms with E-state index in [-0.39, 0.29) is 0 Å². The Hall–Kier alpha value is -3.05. The Bertz CT molecular complexity index is 948. The van der Waals surface area contributed by atoms with Gasteiger partial charge in [-0.25, -0.2) is 10.2 Å². The Morgan fingerprint density at radius 3 is 2.58 bits per heavy atom. The Labute approximate surface area is 157 Å². The minimum atomic E-state index is -0.393. The average molecular weight is 367 g/mol. The first-order chi connectivity index (χ1) is 12.5. The summed E-state index contributed by atoms with van der Waals surface area (Å²) < 4.78 is 2.09. The molecule has 0 bridgehead atoms. The molecule has 3 aromatic rings. The van der Waals surface area contributed by atoms with Crippen molar-refractivity contribution >= 4 is 29.5 Å². The Morgan fingerprint density at radius 2 is 1.85 bits per heavy atom. The van der Waals surface area contributed by atoms with E-state index < -0.39 is 6.03 Å². The van der Waals surface area contributed by atoms with Gasteiger partial charge in [0.15, 0.2) is 0 Å². The quantitative estimate of drug-likeness (QED) is 0.500. The Morgan fingerprint density at radius 1 is 1.08 bits per heavy atom. The van der Waals surface area contributed by atoms with E-state index in [0.717, 1.165) is 22.6 Å². The summed E-state index contributed by atoms with van der Waals surface area (Å²) in [5.41, 5.74) is 7.16.